The van der Waals surface area contributed by atoms with E-state index in [2.05, 4.69) is 122 Å². The largest absolute Gasteiger partial charge is 0.369 e. The van der Waals surface area contributed by atoms with Gasteiger partial charge in [-0.1, -0.05) is 64.5 Å². The molecule has 0 amide bonds. The van der Waals surface area contributed by atoms with Crippen molar-refractivity contribution in [1.29, 1.82) is 0 Å². The number of benzene rings is 2. The van der Waals surface area contributed by atoms with E-state index in [-0.39, 0.29) is 0 Å². The Hall–Kier alpha value is -2.89. The molecule has 5 rings (SSSR count). The summed E-state index contributed by atoms with van der Waals surface area (Å²) < 4.78 is 1.11. The first-order valence-electron chi connectivity index (χ1n) is 11.1. The van der Waals surface area contributed by atoms with Crippen molar-refractivity contribution in [3.8, 4) is 0 Å². The summed E-state index contributed by atoms with van der Waals surface area (Å²) in [6, 6.07) is 15.3. The molecule has 0 spiro atoms. The van der Waals surface area contributed by atoms with Crippen molar-refractivity contribution < 1.29 is 0 Å². The Labute approximate surface area is 198 Å². The number of hydrogen-bond donors (Lipinski definition) is 1. The fourth-order valence-electron chi connectivity index (χ4n) is 4.18. The number of likely N-dealkylation sites (N-methyl/N-ethyl adjacent to an activating group) is 1. The third kappa shape index (κ3) is 4.79. The number of anilines is 1. The smallest absolute Gasteiger partial charge is 0.0854 e. The molecule has 1 aliphatic carbocycles. The maximum atomic E-state index is 4.42. The van der Waals surface area contributed by atoms with Crippen LogP contribution < -0.4 is 4.90 Å². The van der Waals surface area contributed by atoms with Crippen LogP contribution in [0.5, 0.6) is 0 Å². The molecule has 4 nitrogen and oxygen atoms in total. The number of nitrogens with zero attached hydrogens (tertiary/aromatic N) is 3. The SMILES string of the molecule is CN1CCN(c2ccc(/C=C/c3cc(/C=C/c4ccc5c(c4)CC=C5)n[nH]3)c(Br)c2)CC1. The van der Waals surface area contributed by atoms with Crippen LogP contribution in [0.2, 0.25) is 0 Å². The van der Waals surface area contributed by atoms with Gasteiger partial charge in [-0.2, -0.15) is 5.10 Å². The molecular formula is C27H27BrN4. The molecule has 2 heterocycles. The zero-order valence-electron chi connectivity index (χ0n) is 18.3. The van der Waals surface area contributed by atoms with Gasteiger partial charge in [-0.25, -0.2) is 0 Å². The van der Waals surface area contributed by atoms with Crippen LogP contribution in [0.1, 0.15) is 33.6 Å². The second kappa shape index (κ2) is 9.31. The van der Waals surface area contributed by atoms with Crippen LogP contribution in [0.15, 0.2) is 53.0 Å². The lowest BCUT2D eigenvalue weighted by Crippen LogP contribution is -2.44. The molecular weight excluding hydrogens is 460 g/mol. The number of allylic oxidation sites excluding steroid dienone is 1. The Bertz CT molecular complexity index is 1200. The Morgan fingerprint density at radius 2 is 1.81 bits per heavy atom. The van der Waals surface area contributed by atoms with E-state index in [1.807, 2.05) is 0 Å². The number of hydrogen-bond acceptors (Lipinski definition) is 3. The van der Waals surface area contributed by atoms with Gasteiger partial charge in [0, 0.05) is 36.3 Å². The maximum absolute atomic E-state index is 4.42. The molecule has 5 heteroatoms. The van der Waals surface area contributed by atoms with E-state index in [1.165, 1.54) is 22.4 Å². The van der Waals surface area contributed by atoms with Gasteiger partial charge in [0.25, 0.3) is 0 Å². The molecule has 162 valence electrons. The van der Waals surface area contributed by atoms with Crippen LogP contribution in [0.3, 0.4) is 0 Å². The highest BCUT2D eigenvalue weighted by molar-refractivity contribution is 9.10. The second-order valence-electron chi connectivity index (χ2n) is 8.48. The monoisotopic (exact) mass is 486 g/mol. The van der Waals surface area contributed by atoms with Gasteiger partial charge in [0.2, 0.25) is 0 Å². The number of nitrogens with one attached hydrogen (secondary N) is 1. The molecule has 2 aromatic carbocycles. The molecule has 1 N–H and O–H groups in total. The van der Waals surface area contributed by atoms with Crippen molar-refractivity contribution in [2.24, 2.45) is 0 Å². The summed E-state index contributed by atoms with van der Waals surface area (Å²) in [6.07, 6.45) is 13.8. The summed E-state index contributed by atoms with van der Waals surface area (Å²) in [5.41, 5.74) is 8.27. The molecule has 1 aromatic heterocycles. The van der Waals surface area contributed by atoms with Gasteiger partial charge in [0.15, 0.2) is 0 Å². The molecule has 2 aliphatic rings. The van der Waals surface area contributed by atoms with Crippen molar-refractivity contribution in [3.05, 3.63) is 86.7 Å². The fraction of sp³-hybridized carbons (Fsp3) is 0.222. The van der Waals surface area contributed by atoms with E-state index < -0.39 is 0 Å². The van der Waals surface area contributed by atoms with E-state index in [0.29, 0.717) is 0 Å². The van der Waals surface area contributed by atoms with Gasteiger partial charge >= 0.3 is 0 Å². The highest BCUT2D eigenvalue weighted by atomic mass is 79.9. The van der Waals surface area contributed by atoms with Crippen LogP contribution in [-0.4, -0.2) is 48.3 Å². The molecule has 0 atom stereocenters. The Kier molecular flexibility index (Phi) is 6.10. The van der Waals surface area contributed by atoms with Gasteiger partial charge in [-0.05, 0) is 66.1 Å². The number of rotatable bonds is 5. The predicted octanol–water partition coefficient (Wildman–Crippen LogP) is 5.83. The van der Waals surface area contributed by atoms with Crippen molar-refractivity contribution in [2.45, 2.75) is 6.42 Å². The maximum Gasteiger partial charge on any atom is 0.0854 e. The molecule has 0 bridgehead atoms. The summed E-state index contributed by atoms with van der Waals surface area (Å²) in [6.45, 7) is 4.37. The summed E-state index contributed by atoms with van der Waals surface area (Å²) in [4.78, 5) is 4.82. The van der Waals surface area contributed by atoms with E-state index in [1.54, 1.807) is 0 Å². The number of fused-ring (bicyclic) bond motifs is 1. The van der Waals surface area contributed by atoms with Crippen LogP contribution in [0.25, 0.3) is 30.4 Å². The average molecular weight is 487 g/mol. The van der Waals surface area contributed by atoms with Crippen molar-refractivity contribution in [1.82, 2.24) is 15.1 Å². The van der Waals surface area contributed by atoms with Gasteiger partial charge in [-0.3, -0.25) is 5.10 Å². The number of piperazine rings is 1. The van der Waals surface area contributed by atoms with Crippen molar-refractivity contribution >= 4 is 52.0 Å². The molecule has 32 heavy (non-hydrogen) atoms. The topological polar surface area (TPSA) is 35.2 Å². The van der Waals surface area contributed by atoms with E-state index in [9.17, 15) is 0 Å². The number of halogens is 1. The third-order valence-electron chi connectivity index (χ3n) is 6.16. The Morgan fingerprint density at radius 3 is 2.66 bits per heavy atom. The quantitative estimate of drug-likeness (QED) is 0.492. The Morgan fingerprint density at radius 1 is 0.938 bits per heavy atom. The lowest BCUT2D eigenvalue weighted by Gasteiger charge is -2.34. The lowest BCUT2D eigenvalue weighted by molar-refractivity contribution is 0.313. The lowest BCUT2D eigenvalue weighted by atomic mass is 10.1. The zero-order valence-corrected chi connectivity index (χ0v) is 19.8. The summed E-state index contributed by atoms with van der Waals surface area (Å²) in [5, 5.41) is 7.54. The molecule has 1 fully saturated rings. The van der Waals surface area contributed by atoms with Crippen molar-refractivity contribution in [2.75, 3.05) is 38.1 Å². The van der Waals surface area contributed by atoms with Gasteiger partial charge in [0.05, 0.1) is 11.4 Å². The van der Waals surface area contributed by atoms with Gasteiger partial charge < -0.3 is 9.80 Å². The number of H-pyrrole nitrogens is 1. The molecule has 0 saturated carbocycles. The minimum absolute atomic E-state index is 0.924. The first-order chi connectivity index (χ1) is 15.6. The first-order valence-corrected chi connectivity index (χ1v) is 11.9. The fourth-order valence-corrected chi connectivity index (χ4v) is 4.68. The molecule has 1 saturated heterocycles. The minimum atomic E-state index is 0.924. The zero-order chi connectivity index (χ0) is 21.9. The summed E-state index contributed by atoms with van der Waals surface area (Å²) in [5.74, 6) is 0. The van der Waals surface area contributed by atoms with Crippen molar-refractivity contribution in [3.63, 3.8) is 0 Å². The van der Waals surface area contributed by atoms with Crippen LogP contribution in [0.4, 0.5) is 5.69 Å². The molecule has 1 aliphatic heterocycles. The molecule has 3 aromatic rings. The van der Waals surface area contributed by atoms with Crippen LogP contribution in [-0.2, 0) is 6.42 Å². The average Bonchev–Trinajstić information content (AvgIpc) is 3.46. The highest BCUT2D eigenvalue weighted by Gasteiger charge is 2.14. The van der Waals surface area contributed by atoms with Gasteiger partial charge in [0.1, 0.15) is 0 Å². The second-order valence-corrected chi connectivity index (χ2v) is 9.33. The number of aromatic nitrogens is 2. The Balaban J connectivity index is 1.23. The number of aromatic amines is 1. The standard InChI is InChI=1S/C27H27BrN4/c1-31-13-15-32(16-14-31)26-12-9-22(27(28)19-26)8-11-25-18-24(29-30-25)10-6-20-5-7-21-3-2-4-23(21)17-20/h2-3,5-12,17-19H,4,13-16H2,1H3,(H,29,30)/b10-6+,11-8+. The highest BCUT2D eigenvalue weighted by Crippen LogP contribution is 2.26. The summed E-state index contributed by atoms with van der Waals surface area (Å²) in [7, 11) is 2.18. The van der Waals surface area contributed by atoms with E-state index in [4.69, 9.17) is 0 Å². The normalized spacial score (nSPS) is 16.5. The third-order valence-corrected chi connectivity index (χ3v) is 6.85. The molecule has 0 unspecified atom stereocenters. The minimum Gasteiger partial charge on any atom is -0.369 e. The van der Waals surface area contributed by atoms with Gasteiger partial charge in [-0.15, -0.1) is 0 Å². The van der Waals surface area contributed by atoms with Crippen LogP contribution in [0, 0.1) is 0 Å². The van der Waals surface area contributed by atoms with E-state index in [0.717, 1.165) is 54.0 Å². The van der Waals surface area contributed by atoms with Crippen LogP contribution >= 0.6 is 15.9 Å². The predicted molar refractivity (Wildman–Crippen MR) is 139 cm³/mol. The summed E-state index contributed by atoms with van der Waals surface area (Å²) >= 11 is 3.75. The van der Waals surface area contributed by atoms with E-state index >= 15 is 0 Å². The first kappa shape index (κ1) is 21.0. The molecule has 0 radical (unpaired) electrons.